The van der Waals surface area contributed by atoms with E-state index in [1.165, 1.54) is 5.56 Å². The molecule has 0 aliphatic carbocycles. The van der Waals surface area contributed by atoms with Crippen LogP contribution in [0, 0.1) is 6.92 Å². The average molecular weight is 283 g/mol. The molecule has 0 saturated carbocycles. The lowest BCUT2D eigenvalue weighted by Gasteiger charge is -2.11. The van der Waals surface area contributed by atoms with Crippen molar-refractivity contribution in [2.75, 3.05) is 11.9 Å². The smallest absolute Gasteiger partial charge is 0.163 e. The van der Waals surface area contributed by atoms with Gasteiger partial charge in [-0.25, -0.2) is 9.97 Å². The first kappa shape index (κ1) is 13.1. The Balaban J connectivity index is 2.20. The van der Waals surface area contributed by atoms with Gasteiger partial charge in [0, 0.05) is 22.9 Å². The van der Waals surface area contributed by atoms with Crippen molar-refractivity contribution in [3.63, 3.8) is 0 Å². The van der Waals surface area contributed by atoms with Gasteiger partial charge < -0.3 is 5.32 Å². The Bertz CT molecular complexity index is 720. The molecular weight excluding hydrogens is 266 g/mol. The van der Waals surface area contributed by atoms with Crippen LogP contribution in [0.1, 0.15) is 18.9 Å². The van der Waals surface area contributed by atoms with Gasteiger partial charge in [0.25, 0.3) is 0 Å². The number of aromatic nitrogens is 2. The highest BCUT2D eigenvalue weighted by atomic mass is 32.1. The van der Waals surface area contributed by atoms with Crippen molar-refractivity contribution in [2.24, 2.45) is 0 Å². The fraction of sp³-hybridized carbons (Fsp3) is 0.250. The molecule has 3 nitrogen and oxygen atoms in total. The van der Waals surface area contributed by atoms with Crippen molar-refractivity contribution in [1.82, 2.24) is 9.97 Å². The molecule has 1 N–H and O–H groups in total. The molecule has 1 aromatic carbocycles. The van der Waals surface area contributed by atoms with Gasteiger partial charge in [0.2, 0.25) is 0 Å². The third kappa shape index (κ3) is 2.39. The van der Waals surface area contributed by atoms with Gasteiger partial charge in [0.15, 0.2) is 5.82 Å². The van der Waals surface area contributed by atoms with Crippen LogP contribution in [0.2, 0.25) is 0 Å². The lowest BCUT2D eigenvalue weighted by molar-refractivity contribution is 0.970. The summed E-state index contributed by atoms with van der Waals surface area (Å²) in [6.07, 6.45) is 1.07. The van der Waals surface area contributed by atoms with Gasteiger partial charge in [-0.3, -0.25) is 0 Å². The van der Waals surface area contributed by atoms with Crippen LogP contribution < -0.4 is 5.32 Å². The number of para-hydroxylation sites is 1. The average Bonchev–Trinajstić information content (AvgIpc) is 2.99. The maximum Gasteiger partial charge on any atom is 0.163 e. The number of hydrogen-bond donors (Lipinski definition) is 1. The Labute approximate surface area is 122 Å². The Morgan fingerprint density at radius 3 is 2.85 bits per heavy atom. The largest absolute Gasteiger partial charge is 0.369 e. The van der Waals surface area contributed by atoms with Crippen molar-refractivity contribution in [3.8, 4) is 11.4 Å². The number of thiophene rings is 1. The van der Waals surface area contributed by atoms with Gasteiger partial charge in [-0.05, 0) is 36.4 Å². The Morgan fingerprint density at radius 2 is 2.10 bits per heavy atom. The summed E-state index contributed by atoms with van der Waals surface area (Å²) >= 11 is 1.67. The van der Waals surface area contributed by atoms with E-state index in [0.717, 1.165) is 41.1 Å². The van der Waals surface area contributed by atoms with Crippen molar-refractivity contribution in [3.05, 3.63) is 40.6 Å². The first-order valence-corrected chi connectivity index (χ1v) is 7.77. The van der Waals surface area contributed by atoms with E-state index >= 15 is 0 Å². The SMILES string of the molecule is CCCNc1nc(-c2ccsc2)nc2c(C)cccc12. The maximum absolute atomic E-state index is 4.74. The van der Waals surface area contributed by atoms with Crippen molar-refractivity contribution >= 4 is 28.1 Å². The van der Waals surface area contributed by atoms with Crippen LogP contribution in [-0.4, -0.2) is 16.5 Å². The Kier molecular flexibility index (Phi) is 3.65. The fourth-order valence-corrected chi connectivity index (χ4v) is 2.83. The number of nitrogens with zero attached hydrogens (tertiary/aromatic N) is 2. The Hall–Kier alpha value is -1.94. The number of rotatable bonds is 4. The van der Waals surface area contributed by atoms with Crippen LogP contribution in [0.25, 0.3) is 22.3 Å². The van der Waals surface area contributed by atoms with Gasteiger partial charge in [-0.2, -0.15) is 11.3 Å². The molecule has 0 saturated heterocycles. The number of aryl methyl sites for hydroxylation is 1. The zero-order valence-electron chi connectivity index (χ0n) is 11.7. The molecule has 102 valence electrons. The molecule has 2 aromatic heterocycles. The molecule has 2 heterocycles. The van der Waals surface area contributed by atoms with Gasteiger partial charge >= 0.3 is 0 Å². The summed E-state index contributed by atoms with van der Waals surface area (Å²) in [5.74, 6) is 1.73. The second-order valence-electron chi connectivity index (χ2n) is 4.81. The van der Waals surface area contributed by atoms with Gasteiger partial charge in [0.1, 0.15) is 5.82 Å². The highest BCUT2D eigenvalue weighted by molar-refractivity contribution is 7.08. The highest BCUT2D eigenvalue weighted by Gasteiger charge is 2.10. The molecule has 0 fully saturated rings. The van der Waals surface area contributed by atoms with Crippen molar-refractivity contribution in [2.45, 2.75) is 20.3 Å². The summed E-state index contributed by atoms with van der Waals surface area (Å²) in [4.78, 5) is 9.45. The predicted octanol–water partition coefficient (Wildman–Crippen LogP) is 4.49. The number of nitrogens with one attached hydrogen (secondary N) is 1. The number of anilines is 1. The normalized spacial score (nSPS) is 10.9. The molecule has 0 aliphatic heterocycles. The quantitative estimate of drug-likeness (QED) is 0.766. The topological polar surface area (TPSA) is 37.8 Å². The maximum atomic E-state index is 4.74. The van der Waals surface area contributed by atoms with E-state index in [2.05, 4.69) is 54.2 Å². The monoisotopic (exact) mass is 283 g/mol. The van der Waals surface area contributed by atoms with E-state index in [-0.39, 0.29) is 0 Å². The fourth-order valence-electron chi connectivity index (χ4n) is 2.19. The van der Waals surface area contributed by atoms with Crippen LogP contribution in [0.5, 0.6) is 0 Å². The van der Waals surface area contributed by atoms with Crippen LogP contribution in [-0.2, 0) is 0 Å². The summed E-state index contributed by atoms with van der Waals surface area (Å²) in [7, 11) is 0. The summed E-state index contributed by atoms with van der Waals surface area (Å²) < 4.78 is 0. The zero-order chi connectivity index (χ0) is 13.9. The van der Waals surface area contributed by atoms with E-state index in [4.69, 9.17) is 9.97 Å². The predicted molar refractivity (Wildman–Crippen MR) is 86.4 cm³/mol. The minimum Gasteiger partial charge on any atom is -0.369 e. The Morgan fingerprint density at radius 1 is 1.20 bits per heavy atom. The molecule has 0 amide bonds. The zero-order valence-corrected chi connectivity index (χ0v) is 12.5. The van der Waals surface area contributed by atoms with Crippen LogP contribution in [0.3, 0.4) is 0 Å². The van der Waals surface area contributed by atoms with E-state index < -0.39 is 0 Å². The molecule has 0 atom stereocenters. The molecule has 3 rings (SSSR count). The first-order chi connectivity index (χ1) is 9.79. The number of fused-ring (bicyclic) bond motifs is 1. The molecule has 0 aliphatic rings. The van der Waals surface area contributed by atoms with Crippen LogP contribution in [0.15, 0.2) is 35.0 Å². The molecule has 0 radical (unpaired) electrons. The molecule has 3 aromatic rings. The van der Waals surface area contributed by atoms with E-state index in [0.29, 0.717) is 0 Å². The van der Waals surface area contributed by atoms with E-state index in [9.17, 15) is 0 Å². The van der Waals surface area contributed by atoms with Gasteiger partial charge in [-0.15, -0.1) is 0 Å². The van der Waals surface area contributed by atoms with Gasteiger partial charge in [0.05, 0.1) is 5.52 Å². The number of benzene rings is 1. The first-order valence-electron chi connectivity index (χ1n) is 6.83. The molecule has 0 unspecified atom stereocenters. The third-order valence-corrected chi connectivity index (χ3v) is 3.93. The summed E-state index contributed by atoms with van der Waals surface area (Å²) in [6, 6.07) is 8.30. The highest BCUT2D eigenvalue weighted by Crippen LogP contribution is 2.27. The standard InChI is InChI=1S/C16H17N3S/c1-3-8-17-16-13-6-4-5-11(2)14(13)18-15(19-16)12-7-9-20-10-12/h4-7,9-10H,3,8H2,1-2H3,(H,17,18,19). The molecule has 0 spiro atoms. The summed E-state index contributed by atoms with van der Waals surface area (Å²) in [5.41, 5.74) is 3.29. The molecule has 0 bridgehead atoms. The van der Waals surface area contributed by atoms with Crippen LogP contribution in [0.4, 0.5) is 5.82 Å². The molecule has 20 heavy (non-hydrogen) atoms. The number of hydrogen-bond acceptors (Lipinski definition) is 4. The summed E-state index contributed by atoms with van der Waals surface area (Å²) in [6.45, 7) is 5.17. The second kappa shape index (κ2) is 5.59. The lowest BCUT2D eigenvalue weighted by Crippen LogP contribution is -2.05. The van der Waals surface area contributed by atoms with Crippen molar-refractivity contribution in [1.29, 1.82) is 0 Å². The lowest BCUT2D eigenvalue weighted by atomic mass is 10.1. The van der Waals surface area contributed by atoms with Crippen LogP contribution >= 0.6 is 11.3 Å². The van der Waals surface area contributed by atoms with E-state index in [1.807, 2.05) is 0 Å². The second-order valence-corrected chi connectivity index (χ2v) is 5.59. The van der Waals surface area contributed by atoms with Crippen molar-refractivity contribution < 1.29 is 0 Å². The van der Waals surface area contributed by atoms with Gasteiger partial charge in [-0.1, -0.05) is 19.1 Å². The minimum atomic E-state index is 0.798. The summed E-state index contributed by atoms with van der Waals surface area (Å²) in [5, 5.41) is 8.66. The third-order valence-electron chi connectivity index (χ3n) is 3.25. The van der Waals surface area contributed by atoms with E-state index in [1.54, 1.807) is 11.3 Å². The molecule has 4 heteroatoms. The minimum absolute atomic E-state index is 0.798. The molecular formula is C16H17N3S.